The van der Waals surface area contributed by atoms with Crippen LogP contribution in [0.3, 0.4) is 0 Å². The van der Waals surface area contributed by atoms with Crippen molar-refractivity contribution in [3.63, 3.8) is 0 Å². The topological polar surface area (TPSA) is 12.0 Å². The average molecular weight is 350 g/mol. The molecular weight excluding hydrogens is 331 g/mol. The number of benzene rings is 1. The first-order valence-corrected chi connectivity index (χ1v) is 7.29. The van der Waals surface area contributed by atoms with Crippen molar-refractivity contribution in [3.05, 3.63) is 46.0 Å². The van der Waals surface area contributed by atoms with Crippen molar-refractivity contribution in [2.45, 2.75) is 38.9 Å². The molecule has 20 heavy (non-hydrogen) atoms. The fraction of sp³-hybridized carbons (Fsp3) is 0.467. The lowest BCUT2D eigenvalue weighted by molar-refractivity contribution is -0.138. The predicted molar refractivity (Wildman–Crippen MR) is 79.6 cm³/mol. The smallest absolute Gasteiger partial charge is 0.310 e. The van der Waals surface area contributed by atoms with Crippen LogP contribution < -0.4 is 5.32 Å². The Kier molecular flexibility index (Phi) is 6.27. The summed E-state index contributed by atoms with van der Waals surface area (Å²) in [6.45, 7) is 8.20. The summed E-state index contributed by atoms with van der Waals surface area (Å²) in [5, 5.41) is 3.13. The van der Waals surface area contributed by atoms with Crippen molar-refractivity contribution in [3.8, 4) is 0 Å². The van der Waals surface area contributed by atoms with E-state index in [-0.39, 0.29) is 6.04 Å². The summed E-state index contributed by atoms with van der Waals surface area (Å²) >= 11 is 3.10. The van der Waals surface area contributed by atoms with Crippen LogP contribution >= 0.6 is 15.9 Å². The van der Waals surface area contributed by atoms with Gasteiger partial charge < -0.3 is 5.32 Å². The predicted octanol–water partition coefficient (Wildman–Crippen LogP) is 5.47. The minimum atomic E-state index is -4.35. The molecule has 1 N–H and O–H groups in total. The standard InChI is InChI=1S/C15H19BrF3N/c1-4-20-14(8-5-10(2)3)12-7-6-11(16)9-13(12)15(17,18)19/h6-7,9,14,20H,2,4-5,8H2,1,3H3. The molecular formula is C15H19BrF3N. The SMILES string of the molecule is C=C(C)CCC(NCC)c1ccc(Br)cc1C(F)(F)F. The summed E-state index contributed by atoms with van der Waals surface area (Å²) < 4.78 is 39.9. The van der Waals surface area contributed by atoms with Gasteiger partial charge in [-0.1, -0.05) is 34.5 Å². The number of nitrogens with one attached hydrogen (secondary N) is 1. The number of hydrogen-bond acceptors (Lipinski definition) is 1. The zero-order chi connectivity index (χ0) is 15.3. The van der Waals surface area contributed by atoms with Crippen molar-refractivity contribution < 1.29 is 13.2 Å². The van der Waals surface area contributed by atoms with Crippen molar-refractivity contribution in [1.82, 2.24) is 5.32 Å². The third-order valence-corrected chi connectivity index (χ3v) is 3.50. The molecule has 1 atom stereocenters. The maximum Gasteiger partial charge on any atom is 0.416 e. The van der Waals surface area contributed by atoms with E-state index in [0.717, 1.165) is 11.6 Å². The molecule has 0 fully saturated rings. The van der Waals surface area contributed by atoms with Crippen molar-refractivity contribution >= 4 is 15.9 Å². The molecule has 0 saturated carbocycles. The first-order valence-electron chi connectivity index (χ1n) is 6.50. The van der Waals surface area contributed by atoms with Crippen molar-refractivity contribution in [2.75, 3.05) is 6.54 Å². The largest absolute Gasteiger partial charge is 0.416 e. The van der Waals surface area contributed by atoms with E-state index < -0.39 is 11.7 Å². The average Bonchev–Trinajstić information content (AvgIpc) is 2.33. The molecule has 0 spiro atoms. The monoisotopic (exact) mass is 349 g/mol. The number of alkyl halides is 3. The van der Waals surface area contributed by atoms with Gasteiger partial charge in [0.2, 0.25) is 0 Å². The summed E-state index contributed by atoms with van der Waals surface area (Å²) in [7, 11) is 0. The second-order valence-electron chi connectivity index (χ2n) is 4.84. The van der Waals surface area contributed by atoms with E-state index in [4.69, 9.17) is 0 Å². The Morgan fingerprint density at radius 1 is 1.40 bits per heavy atom. The van der Waals surface area contributed by atoms with Crippen LogP contribution in [0.1, 0.15) is 43.9 Å². The molecule has 0 amide bonds. The molecule has 0 radical (unpaired) electrons. The van der Waals surface area contributed by atoms with Gasteiger partial charge in [-0.25, -0.2) is 0 Å². The fourth-order valence-corrected chi connectivity index (χ4v) is 2.44. The van der Waals surface area contributed by atoms with Crippen LogP contribution in [-0.2, 0) is 6.18 Å². The summed E-state index contributed by atoms with van der Waals surface area (Å²) in [6, 6.07) is 4.01. The quantitative estimate of drug-likeness (QED) is 0.671. The van der Waals surface area contributed by atoms with Gasteiger partial charge in [0.05, 0.1) is 5.56 Å². The third kappa shape index (κ3) is 4.94. The molecule has 1 rings (SSSR count). The molecule has 1 aromatic rings. The Hall–Kier alpha value is -0.810. The third-order valence-electron chi connectivity index (χ3n) is 3.01. The minimum Gasteiger partial charge on any atom is -0.310 e. The molecule has 0 aliphatic heterocycles. The lowest BCUT2D eigenvalue weighted by Crippen LogP contribution is -2.24. The number of allylic oxidation sites excluding steroid dienone is 1. The highest BCUT2D eigenvalue weighted by Gasteiger charge is 2.35. The van der Waals surface area contributed by atoms with Gasteiger partial charge in [-0.3, -0.25) is 0 Å². The van der Waals surface area contributed by atoms with Gasteiger partial charge >= 0.3 is 6.18 Å². The lowest BCUT2D eigenvalue weighted by atomic mass is 9.95. The Morgan fingerprint density at radius 3 is 2.55 bits per heavy atom. The highest BCUT2D eigenvalue weighted by molar-refractivity contribution is 9.10. The summed E-state index contributed by atoms with van der Waals surface area (Å²) in [5.41, 5.74) is 0.682. The van der Waals surface area contributed by atoms with Crippen LogP contribution in [0, 0.1) is 0 Å². The van der Waals surface area contributed by atoms with E-state index in [9.17, 15) is 13.2 Å². The van der Waals surface area contributed by atoms with Crippen LogP contribution in [0.4, 0.5) is 13.2 Å². The van der Waals surface area contributed by atoms with E-state index in [1.54, 1.807) is 12.1 Å². The molecule has 1 unspecified atom stereocenters. The summed E-state index contributed by atoms with van der Waals surface area (Å²) in [6.07, 6.45) is -3.05. The lowest BCUT2D eigenvalue weighted by Gasteiger charge is -2.23. The summed E-state index contributed by atoms with van der Waals surface area (Å²) in [4.78, 5) is 0. The Bertz CT molecular complexity index is 469. The molecule has 1 aromatic carbocycles. The number of hydrogen-bond donors (Lipinski definition) is 1. The molecule has 112 valence electrons. The zero-order valence-electron chi connectivity index (χ0n) is 11.6. The molecule has 1 nitrogen and oxygen atoms in total. The van der Waals surface area contributed by atoms with Crippen LogP contribution in [0.15, 0.2) is 34.8 Å². The highest BCUT2D eigenvalue weighted by Crippen LogP contribution is 2.37. The van der Waals surface area contributed by atoms with Crippen LogP contribution in [0.25, 0.3) is 0 Å². The Morgan fingerprint density at radius 2 is 2.05 bits per heavy atom. The number of rotatable bonds is 6. The van der Waals surface area contributed by atoms with E-state index in [0.29, 0.717) is 29.4 Å². The highest BCUT2D eigenvalue weighted by atomic mass is 79.9. The van der Waals surface area contributed by atoms with Gasteiger partial charge in [-0.15, -0.1) is 6.58 Å². The van der Waals surface area contributed by atoms with E-state index in [1.807, 2.05) is 13.8 Å². The first kappa shape index (κ1) is 17.2. The number of halogens is 4. The van der Waals surface area contributed by atoms with Gasteiger partial charge in [0, 0.05) is 10.5 Å². The maximum absolute atomic E-state index is 13.2. The van der Waals surface area contributed by atoms with Gasteiger partial charge in [0.15, 0.2) is 0 Å². The van der Waals surface area contributed by atoms with Gasteiger partial charge in [-0.05, 0) is 44.0 Å². The van der Waals surface area contributed by atoms with Crippen LogP contribution in [0.2, 0.25) is 0 Å². The molecule has 0 bridgehead atoms. The second kappa shape index (κ2) is 7.27. The minimum absolute atomic E-state index is 0.295. The molecule has 0 aromatic heterocycles. The van der Waals surface area contributed by atoms with Gasteiger partial charge in [-0.2, -0.15) is 13.2 Å². The molecule has 5 heteroatoms. The molecule has 0 heterocycles. The maximum atomic E-state index is 13.2. The normalized spacial score (nSPS) is 13.3. The van der Waals surface area contributed by atoms with Crippen molar-refractivity contribution in [1.29, 1.82) is 0 Å². The zero-order valence-corrected chi connectivity index (χ0v) is 13.2. The molecule has 0 aliphatic rings. The second-order valence-corrected chi connectivity index (χ2v) is 5.75. The Labute approximate surface area is 126 Å². The summed E-state index contributed by atoms with van der Waals surface area (Å²) in [5.74, 6) is 0. The molecule has 0 saturated heterocycles. The molecule has 0 aliphatic carbocycles. The first-order chi connectivity index (χ1) is 9.25. The van der Waals surface area contributed by atoms with Gasteiger partial charge in [0.1, 0.15) is 0 Å². The fourth-order valence-electron chi connectivity index (χ4n) is 2.08. The van der Waals surface area contributed by atoms with Gasteiger partial charge in [0.25, 0.3) is 0 Å². The van der Waals surface area contributed by atoms with Crippen molar-refractivity contribution in [2.24, 2.45) is 0 Å². The van der Waals surface area contributed by atoms with E-state index in [2.05, 4.69) is 27.8 Å². The Balaban J connectivity index is 3.15. The van der Waals surface area contributed by atoms with Crippen LogP contribution in [-0.4, -0.2) is 6.54 Å². The van der Waals surface area contributed by atoms with E-state index in [1.165, 1.54) is 0 Å². The van der Waals surface area contributed by atoms with E-state index >= 15 is 0 Å². The van der Waals surface area contributed by atoms with Crippen LogP contribution in [0.5, 0.6) is 0 Å².